The van der Waals surface area contributed by atoms with E-state index in [9.17, 15) is 9.90 Å². The van der Waals surface area contributed by atoms with Gasteiger partial charge >= 0.3 is 6.03 Å². The zero-order chi connectivity index (χ0) is 18.1. The number of ether oxygens (including phenoxy) is 1. The number of methoxy groups -OCH3 is 1. The first-order chi connectivity index (χ1) is 12.1. The van der Waals surface area contributed by atoms with Crippen molar-refractivity contribution in [3.8, 4) is 5.75 Å². The highest BCUT2D eigenvalue weighted by Crippen LogP contribution is 2.19. The second kappa shape index (κ2) is 9.69. The molecule has 0 spiro atoms. The van der Waals surface area contributed by atoms with Gasteiger partial charge in [0, 0.05) is 25.6 Å². The average Bonchev–Trinajstić information content (AvgIpc) is 2.64. The van der Waals surface area contributed by atoms with Crippen LogP contribution in [0.15, 0.2) is 48.5 Å². The molecule has 2 amide bonds. The fourth-order valence-electron chi connectivity index (χ4n) is 2.78. The number of carbonyl (C=O) groups excluding carboxylic acids is 1. The van der Waals surface area contributed by atoms with Crippen molar-refractivity contribution in [3.05, 3.63) is 65.2 Å². The number of aliphatic hydroxyl groups excluding tert-OH is 1. The molecule has 0 fully saturated rings. The molecule has 2 aromatic rings. The van der Waals surface area contributed by atoms with E-state index >= 15 is 0 Å². The van der Waals surface area contributed by atoms with Gasteiger partial charge in [0.25, 0.3) is 0 Å². The highest BCUT2D eigenvalue weighted by Gasteiger charge is 2.12. The van der Waals surface area contributed by atoms with Gasteiger partial charge in [-0.2, -0.15) is 0 Å². The fraction of sp³-hybridized carbons (Fsp3) is 0.350. The average molecular weight is 342 g/mol. The first kappa shape index (κ1) is 18.8. The molecule has 0 radical (unpaired) electrons. The maximum absolute atomic E-state index is 12.1. The van der Waals surface area contributed by atoms with E-state index in [1.807, 2.05) is 55.5 Å². The number of amides is 2. The summed E-state index contributed by atoms with van der Waals surface area (Å²) in [5, 5.41) is 15.0. The Labute approximate surface area is 149 Å². The van der Waals surface area contributed by atoms with Crippen molar-refractivity contribution in [1.82, 2.24) is 10.6 Å². The van der Waals surface area contributed by atoms with E-state index in [2.05, 4.69) is 10.6 Å². The lowest BCUT2D eigenvalue weighted by atomic mass is 9.96. The van der Waals surface area contributed by atoms with Crippen LogP contribution in [0.5, 0.6) is 5.75 Å². The molecule has 5 nitrogen and oxygen atoms in total. The van der Waals surface area contributed by atoms with E-state index < -0.39 is 0 Å². The van der Waals surface area contributed by atoms with Gasteiger partial charge < -0.3 is 20.5 Å². The van der Waals surface area contributed by atoms with E-state index in [-0.39, 0.29) is 18.6 Å². The van der Waals surface area contributed by atoms with E-state index in [4.69, 9.17) is 4.74 Å². The smallest absolute Gasteiger partial charge is 0.315 e. The second-order valence-electron chi connectivity index (χ2n) is 5.99. The van der Waals surface area contributed by atoms with Gasteiger partial charge in [0.1, 0.15) is 5.75 Å². The number of aliphatic hydroxyl groups is 1. The minimum Gasteiger partial charge on any atom is -0.496 e. The Morgan fingerprint density at radius 2 is 1.92 bits per heavy atom. The summed E-state index contributed by atoms with van der Waals surface area (Å²) < 4.78 is 5.24. The van der Waals surface area contributed by atoms with Crippen LogP contribution in [0.2, 0.25) is 0 Å². The molecule has 5 heteroatoms. The normalized spacial score (nSPS) is 11.6. The van der Waals surface area contributed by atoms with Crippen LogP contribution in [0, 0.1) is 6.92 Å². The topological polar surface area (TPSA) is 70.6 Å². The summed E-state index contributed by atoms with van der Waals surface area (Å²) in [7, 11) is 1.64. The molecule has 0 saturated heterocycles. The summed E-state index contributed by atoms with van der Waals surface area (Å²) in [5.41, 5.74) is 3.17. The molecular formula is C20H26N2O3. The lowest BCUT2D eigenvalue weighted by molar-refractivity contribution is 0.237. The summed E-state index contributed by atoms with van der Waals surface area (Å²) in [6.45, 7) is 3.00. The third-order valence-corrected chi connectivity index (χ3v) is 4.17. The number of rotatable bonds is 8. The molecule has 0 aliphatic heterocycles. The van der Waals surface area contributed by atoms with Crippen LogP contribution in [-0.4, -0.2) is 31.4 Å². The molecule has 0 bridgehead atoms. The van der Waals surface area contributed by atoms with Gasteiger partial charge in [-0.25, -0.2) is 4.79 Å². The summed E-state index contributed by atoms with van der Waals surface area (Å²) in [4.78, 5) is 12.1. The fourth-order valence-corrected chi connectivity index (χ4v) is 2.78. The Morgan fingerprint density at radius 1 is 1.16 bits per heavy atom. The highest BCUT2D eigenvalue weighted by molar-refractivity contribution is 5.73. The van der Waals surface area contributed by atoms with Crippen LogP contribution in [0.3, 0.4) is 0 Å². The Hall–Kier alpha value is -2.53. The van der Waals surface area contributed by atoms with Crippen molar-refractivity contribution in [3.63, 3.8) is 0 Å². The van der Waals surface area contributed by atoms with Gasteiger partial charge in [0.2, 0.25) is 0 Å². The zero-order valence-electron chi connectivity index (χ0n) is 14.8. The largest absolute Gasteiger partial charge is 0.496 e. The van der Waals surface area contributed by atoms with Gasteiger partial charge in [-0.05, 0) is 36.1 Å². The molecular weight excluding hydrogens is 316 g/mol. The molecule has 3 N–H and O–H groups in total. The van der Waals surface area contributed by atoms with Crippen molar-refractivity contribution in [2.24, 2.45) is 0 Å². The summed E-state index contributed by atoms with van der Waals surface area (Å²) in [6.07, 6.45) is 0.613. The SMILES string of the molecule is COc1ccc(CNC(=O)NCC(CCO)c2ccccc2)cc1C. The molecule has 0 heterocycles. The second-order valence-corrected chi connectivity index (χ2v) is 5.99. The standard InChI is InChI=1S/C20H26N2O3/c1-15-12-16(8-9-19(15)25-2)13-21-20(24)22-14-18(10-11-23)17-6-4-3-5-7-17/h3-9,12,18,23H,10-11,13-14H2,1-2H3,(H2,21,22,24). The van der Waals surface area contributed by atoms with Crippen molar-refractivity contribution >= 4 is 6.03 Å². The summed E-state index contributed by atoms with van der Waals surface area (Å²) >= 11 is 0. The van der Waals surface area contributed by atoms with Crippen LogP contribution < -0.4 is 15.4 Å². The van der Waals surface area contributed by atoms with Crippen molar-refractivity contribution in [2.45, 2.75) is 25.8 Å². The molecule has 2 aromatic carbocycles. The molecule has 0 aliphatic rings. The molecule has 134 valence electrons. The van der Waals surface area contributed by atoms with E-state index in [0.29, 0.717) is 19.5 Å². The van der Waals surface area contributed by atoms with Crippen molar-refractivity contribution in [2.75, 3.05) is 20.3 Å². The molecule has 1 atom stereocenters. The lowest BCUT2D eigenvalue weighted by Crippen LogP contribution is -2.37. The van der Waals surface area contributed by atoms with E-state index in [0.717, 1.165) is 22.4 Å². The Morgan fingerprint density at radius 3 is 2.56 bits per heavy atom. The Bertz CT molecular complexity index is 674. The highest BCUT2D eigenvalue weighted by atomic mass is 16.5. The van der Waals surface area contributed by atoms with Gasteiger partial charge in [0.15, 0.2) is 0 Å². The van der Waals surface area contributed by atoms with Gasteiger partial charge in [-0.3, -0.25) is 0 Å². The van der Waals surface area contributed by atoms with E-state index in [1.165, 1.54) is 0 Å². The van der Waals surface area contributed by atoms with E-state index in [1.54, 1.807) is 7.11 Å². The third-order valence-electron chi connectivity index (χ3n) is 4.17. The quantitative estimate of drug-likeness (QED) is 0.691. The van der Waals surface area contributed by atoms with Gasteiger partial charge in [0.05, 0.1) is 7.11 Å². The Kier molecular flexibility index (Phi) is 7.29. The number of benzene rings is 2. The van der Waals surface area contributed by atoms with Crippen LogP contribution in [0.4, 0.5) is 4.79 Å². The first-order valence-electron chi connectivity index (χ1n) is 8.45. The zero-order valence-corrected chi connectivity index (χ0v) is 14.8. The van der Waals surface area contributed by atoms with Crippen molar-refractivity contribution < 1.29 is 14.6 Å². The lowest BCUT2D eigenvalue weighted by Gasteiger charge is -2.17. The number of aryl methyl sites for hydroxylation is 1. The molecule has 0 saturated carbocycles. The first-order valence-corrected chi connectivity index (χ1v) is 8.45. The molecule has 2 rings (SSSR count). The molecule has 25 heavy (non-hydrogen) atoms. The summed E-state index contributed by atoms with van der Waals surface area (Å²) in [5.74, 6) is 0.933. The molecule has 1 unspecified atom stereocenters. The number of nitrogens with one attached hydrogen (secondary N) is 2. The number of hydrogen-bond acceptors (Lipinski definition) is 3. The van der Waals surface area contributed by atoms with Crippen LogP contribution in [0.25, 0.3) is 0 Å². The molecule has 0 aliphatic carbocycles. The Balaban J connectivity index is 1.84. The van der Waals surface area contributed by atoms with Crippen LogP contribution >= 0.6 is 0 Å². The van der Waals surface area contributed by atoms with Gasteiger partial charge in [-0.1, -0.05) is 42.5 Å². The molecule has 0 aromatic heterocycles. The minimum atomic E-state index is -0.215. The maximum Gasteiger partial charge on any atom is 0.315 e. The summed E-state index contributed by atoms with van der Waals surface area (Å²) in [6, 6.07) is 15.5. The van der Waals surface area contributed by atoms with Crippen molar-refractivity contribution in [1.29, 1.82) is 0 Å². The predicted molar refractivity (Wildman–Crippen MR) is 98.9 cm³/mol. The predicted octanol–water partition coefficient (Wildman–Crippen LogP) is 2.97. The third kappa shape index (κ3) is 5.80. The minimum absolute atomic E-state index is 0.0913. The van der Waals surface area contributed by atoms with Gasteiger partial charge in [-0.15, -0.1) is 0 Å². The monoisotopic (exact) mass is 342 g/mol. The van der Waals surface area contributed by atoms with Crippen LogP contribution in [0.1, 0.15) is 29.0 Å². The maximum atomic E-state index is 12.1. The van der Waals surface area contributed by atoms with Crippen LogP contribution in [-0.2, 0) is 6.54 Å². The number of urea groups is 1. The number of carbonyl (C=O) groups is 1. The number of hydrogen-bond donors (Lipinski definition) is 3.